The molecular formula is C11H19N5. The van der Waals surface area contributed by atoms with Crippen molar-refractivity contribution in [1.29, 1.82) is 0 Å². The van der Waals surface area contributed by atoms with E-state index in [9.17, 15) is 0 Å². The lowest BCUT2D eigenvalue weighted by molar-refractivity contribution is 0.272. The van der Waals surface area contributed by atoms with E-state index in [1.54, 1.807) is 6.07 Å². The van der Waals surface area contributed by atoms with Crippen LogP contribution in [0.25, 0.3) is 0 Å². The van der Waals surface area contributed by atoms with E-state index in [-0.39, 0.29) is 0 Å². The molecular weight excluding hydrogens is 202 g/mol. The highest BCUT2D eigenvalue weighted by molar-refractivity contribution is 5.43. The summed E-state index contributed by atoms with van der Waals surface area (Å²) in [4.78, 5) is 8.56. The van der Waals surface area contributed by atoms with Crippen LogP contribution in [0.3, 0.4) is 0 Å². The highest BCUT2D eigenvalue weighted by Gasteiger charge is 2.10. The van der Waals surface area contributed by atoms with E-state index in [4.69, 9.17) is 5.73 Å². The minimum atomic E-state index is 0.534. The van der Waals surface area contributed by atoms with Gasteiger partial charge in [0.25, 0.3) is 0 Å². The van der Waals surface area contributed by atoms with Crippen LogP contribution >= 0.6 is 0 Å². The SMILES string of the molecule is CCc1nc(N)cc(NN2CCCCC2)n1. The number of hydrogen-bond donors (Lipinski definition) is 2. The van der Waals surface area contributed by atoms with Crippen LogP contribution in [-0.4, -0.2) is 28.1 Å². The average molecular weight is 221 g/mol. The predicted molar refractivity (Wildman–Crippen MR) is 64.9 cm³/mol. The standard InChI is InChI=1S/C11H19N5/c1-2-10-13-9(12)8-11(14-10)15-16-6-4-3-5-7-16/h8H,2-7H2,1H3,(H3,12,13,14,15). The number of nitrogens with one attached hydrogen (secondary N) is 1. The summed E-state index contributed by atoms with van der Waals surface area (Å²) in [6, 6.07) is 1.79. The molecule has 0 aliphatic carbocycles. The van der Waals surface area contributed by atoms with Crippen molar-refractivity contribution >= 4 is 11.6 Å². The number of aryl methyl sites for hydroxylation is 1. The fourth-order valence-electron chi connectivity index (χ4n) is 1.90. The van der Waals surface area contributed by atoms with Crippen molar-refractivity contribution in [2.24, 2.45) is 0 Å². The Labute approximate surface area is 96.0 Å². The van der Waals surface area contributed by atoms with Gasteiger partial charge in [0.1, 0.15) is 17.5 Å². The van der Waals surface area contributed by atoms with E-state index in [0.717, 1.165) is 31.2 Å². The number of anilines is 2. The zero-order valence-corrected chi connectivity index (χ0v) is 9.74. The van der Waals surface area contributed by atoms with Gasteiger partial charge in [0.05, 0.1) is 0 Å². The van der Waals surface area contributed by atoms with Crippen LogP contribution in [0.2, 0.25) is 0 Å². The molecule has 1 aromatic rings. The first-order chi connectivity index (χ1) is 7.78. The van der Waals surface area contributed by atoms with Gasteiger partial charge in [-0.15, -0.1) is 0 Å². The highest BCUT2D eigenvalue weighted by Crippen LogP contribution is 2.13. The Balaban J connectivity index is 2.04. The van der Waals surface area contributed by atoms with Gasteiger partial charge in [-0.1, -0.05) is 13.3 Å². The number of rotatable bonds is 3. The quantitative estimate of drug-likeness (QED) is 0.808. The molecule has 1 fully saturated rings. The fraction of sp³-hybridized carbons (Fsp3) is 0.636. The molecule has 0 saturated carbocycles. The number of piperidine rings is 1. The molecule has 0 spiro atoms. The third kappa shape index (κ3) is 2.82. The maximum Gasteiger partial charge on any atom is 0.146 e. The zero-order chi connectivity index (χ0) is 11.4. The molecule has 1 saturated heterocycles. The maximum atomic E-state index is 5.73. The van der Waals surface area contributed by atoms with Gasteiger partial charge in [0, 0.05) is 25.6 Å². The lowest BCUT2D eigenvalue weighted by atomic mass is 10.2. The summed E-state index contributed by atoms with van der Waals surface area (Å²) in [7, 11) is 0. The summed E-state index contributed by atoms with van der Waals surface area (Å²) < 4.78 is 0. The van der Waals surface area contributed by atoms with Gasteiger partial charge in [-0.2, -0.15) is 0 Å². The Hall–Kier alpha value is -1.36. The molecule has 2 rings (SSSR count). The Morgan fingerprint density at radius 3 is 2.75 bits per heavy atom. The average Bonchev–Trinajstić information content (AvgIpc) is 2.29. The first-order valence-electron chi connectivity index (χ1n) is 5.93. The molecule has 16 heavy (non-hydrogen) atoms. The monoisotopic (exact) mass is 221 g/mol. The Morgan fingerprint density at radius 2 is 2.06 bits per heavy atom. The molecule has 0 radical (unpaired) electrons. The maximum absolute atomic E-state index is 5.73. The smallest absolute Gasteiger partial charge is 0.146 e. The lowest BCUT2D eigenvalue weighted by Crippen LogP contribution is -2.35. The van der Waals surface area contributed by atoms with Gasteiger partial charge in [-0.25, -0.2) is 15.0 Å². The second-order valence-electron chi connectivity index (χ2n) is 4.11. The molecule has 88 valence electrons. The van der Waals surface area contributed by atoms with Gasteiger partial charge in [-0.05, 0) is 12.8 Å². The third-order valence-corrected chi connectivity index (χ3v) is 2.74. The first-order valence-corrected chi connectivity index (χ1v) is 5.93. The van der Waals surface area contributed by atoms with Crippen molar-refractivity contribution < 1.29 is 0 Å². The number of hydrazine groups is 1. The van der Waals surface area contributed by atoms with Crippen molar-refractivity contribution in [3.05, 3.63) is 11.9 Å². The number of nitrogen functional groups attached to an aromatic ring is 1. The van der Waals surface area contributed by atoms with Crippen molar-refractivity contribution in [3.8, 4) is 0 Å². The second kappa shape index (κ2) is 5.12. The molecule has 0 amide bonds. The molecule has 1 aromatic heterocycles. The third-order valence-electron chi connectivity index (χ3n) is 2.74. The minimum Gasteiger partial charge on any atom is -0.384 e. The molecule has 0 unspecified atom stereocenters. The summed E-state index contributed by atoms with van der Waals surface area (Å²) >= 11 is 0. The molecule has 5 nitrogen and oxygen atoms in total. The number of nitrogens with zero attached hydrogens (tertiary/aromatic N) is 3. The lowest BCUT2D eigenvalue weighted by Gasteiger charge is -2.27. The van der Waals surface area contributed by atoms with Gasteiger partial charge >= 0.3 is 0 Å². The van der Waals surface area contributed by atoms with Crippen LogP contribution in [0.4, 0.5) is 11.6 Å². The summed E-state index contributed by atoms with van der Waals surface area (Å²) in [5, 5.41) is 2.20. The van der Waals surface area contributed by atoms with Crippen molar-refractivity contribution in [2.75, 3.05) is 24.2 Å². The van der Waals surface area contributed by atoms with E-state index in [2.05, 4.69) is 20.4 Å². The van der Waals surface area contributed by atoms with Crippen molar-refractivity contribution in [1.82, 2.24) is 15.0 Å². The van der Waals surface area contributed by atoms with Crippen LogP contribution in [0.15, 0.2) is 6.07 Å². The van der Waals surface area contributed by atoms with Gasteiger partial charge in [0.2, 0.25) is 0 Å². The minimum absolute atomic E-state index is 0.534. The van der Waals surface area contributed by atoms with Crippen LogP contribution in [0.1, 0.15) is 32.0 Å². The Morgan fingerprint density at radius 1 is 1.31 bits per heavy atom. The van der Waals surface area contributed by atoms with E-state index in [0.29, 0.717) is 5.82 Å². The van der Waals surface area contributed by atoms with Crippen LogP contribution < -0.4 is 11.2 Å². The molecule has 0 aromatic carbocycles. The Bertz CT molecular complexity index is 346. The van der Waals surface area contributed by atoms with E-state index >= 15 is 0 Å². The Kier molecular flexibility index (Phi) is 3.56. The molecule has 2 heterocycles. The number of nitrogens with two attached hydrogens (primary N) is 1. The zero-order valence-electron chi connectivity index (χ0n) is 9.74. The predicted octanol–water partition coefficient (Wildman–Crippen LogP) is 1.43. The van der Waals surface area contributed by atoms with Crippen LogP contribution in [0.5, 0.6) is 0 Å². The summed E-state index contributed by atoms with van der Waals surface area (Å²) in [5.74, 6) is 2.14. The second-order valence-corrected chi connectivity index (χ2v) is 4.11. The largest absolute Gasteiger partial charge is 0.384 e. The summed E-state index contributed by atoms with van der Waals surface area (Å²) in [5.41, 5.74) is 9.03. The molecule has 1 aliphatic rings. The van der Waals surface area contributed by atoms with Gasteiger partial charge < -0.3 is 11.2 Å². The molecule has 1 aliphatic heterocycles. The molecule has 3 N–H and O–H groups in total. The number of hydrogen-bond acceptors (Lipinski definition) is 5. The molecule has 5 heteroatoms. The normalized spacial score (nSPS) is 17.3. The van der Waals surface area contributed by atoms with E-state index < -0.39 is 0 Å². The highest BCUT2D eigenvalue weighted by atomic mass is 15.5. The van der Waals surface area contributed by atoms with Crippen molar-refractivity contribution in [2.45, 2.75) is 32.6 Å². The van der Waals surface area contributed by atoms with Crippen LogP contribution in [0, 0.1) is 0 Å². The van der Waals surface area contributed by atoms with E-state index in [1.807, 2.05) is 6.92 Å². The van der Waals surface area contributed by atoms with Gasteiger partial charge in [-0.3, -0.25) is 0 Å². The molecule has 0 atom stereocenters. The molecule has 0 bridgehead atoms. The fourth-order valence-corrected chi connectivity index (χ4v) is 1.90. The number of aromatic nitrogens is 2. The topological polar surface area (TPSA) is 67.1 Å². The first kappa shape index (κ1) is 11.1. The van der Waals surface area contributed by atoms with Crippen LogP contribution in [-0.2, 0) is 6.42 Å². The van der Waals surface area contributed by atoms with Gasteiger partial charge in [0.15, 0.2) is 0 Å². The summed E-state index contributed by atoms with van der Waals surface area (Å²) in [6.45, 7) is 4.18. The van der Waals surface area contributed by atoms with E-state index in [1.165, 1.54) is 19.3 Å². The summed E-state index contributed by atoms with van der Waals surface area (Å²) in [6.07, 6.45) is 4.62. The van der Waals surface area contributed by atoms with Crippen molar-refractivity contribution in [3.63, 3.8) is 0 Å².